The van der Waals surface area contributed by atoms with E-state index >= 15 is 0 Å². The van der Waals surface area contributed by atoms with Gasteiger partial charge in [-0.3, -0.25) is 4.79 Å². The van der Waals surface area contributed by atoms with Gasteiger partial charge in [0.1, 0.15) is 0 Å². The molecule has 0 aromatic carbocycles. The van der Waals surface area contributed by atoms with Gasteiger partial charge in [0.25, 0.3) is 5.91 Å². The number of nitrogens with one attached hydrogen (secondary N) is 1. The molecule has 1 amide bonds. The molecule has 2 heterocycles. The number of hydrogen-bond acceptors (Lipinski definition) is 4. The molecule has 0 radical (unpaired) electrons. The second-order valence-electron chi connectivity index (χ2n) is 5.38. The second-order valence-corrected chi connectivity index (χ2v) is 6.29. The van der Waals surface area contributed by atoms with Gasteiger partial charge in [0, 0.05) is 23.8 Å². The molecule has 0 saturated carbocycles. The molecular formula is C14H21BrN4O. The van der Waals surface area contributed by atoms with Crippen molar-refractivity contribution in [2.45, 2.75) is 33.1 Å². The Kier molecular flexibility index (Phi) is 4.65. The van der Waals surface area contributed by atoms with Crippen molar-refractivity contribution >= 4 is 27.7 Å². The van der Waals surface area contributed by atoms with Gasteiger partial charge in [0.2, 0.25) is 0 Å². The van der Waals surface area contributed by atoms with Crippen LogP contribution in [0.3, 0.4) is 0 Å². The van der Waals surface area contributed by atoms with Crippen LogP contribution in [0.1, 0.15) is 43.5 Å². The summed E-state index contributed by atoms with van der Waals surface area (Å²) in [7, 11) is 0. The van der Waals surface area contributed by atoms with Gasteiger partial charge in [-0.25, -0.2) is 10.8 Å². The Morgan fingerprint density at radius 3 is 2.80 bits per heavy atom. The second kappa shape index (κ2) is 6.10. The van der Waals surface area contributed by atoms with E-state index in [2.05, 4.69) is 40.2 Å². The third-order valence-corrected chi connectivity index (χ3v) is 4.88. The van der Waals surface area contributed by atoms with E-state index in [9.17, 15) is 4.79 Å². The van der Waals surface area contributed by atoms with E-state index in [-0.39, 0.29) is 11.3 Å². The first-order valence-corrected chi connectivity index (χ1v) is 7.76. The Bertz CT molecular complexity index is 502. The quantitative estimate of drug-likeness (QED) is 0.653. The highest BCUT2D eigenvalue weighted by atomic mass is 79.9. The van der Waals surface area contributed by atoms with Crippen LogP contribution in [-0.4, -0.2) is 28.9 Å². The number of nitrogens with zero attached hydrogens (tertiary/aromatic N) is 2. The van der Waals surface area contributed by atoms with Crippen molar-refractivity contribution in [1.82, 2.24) is 9.88 Å². The number of anilines is 1. The van der Waals surface area contributed by atoms with Crippen LogP contribution in [0, 0.1) is 5.41 Å². The van der Waals surface area contributed by atoms with Crippen molar-refractivity contribution in [2.75, 3.05) is 18.5 Å². The zero-order valence-corrected chi connectivity index (χ0v) is 13.5. The highest BCUT2D eigenvalue weighted by molar-refractivity contribution is 9.10. The maximum absolute atomic E-state index is 12.7. The summed E-state index contributed by atoms with van der Waals surface area (Å²) >= 11 is 3.35. The van der Waals surface area contributed by atoms with E-state index in [1.165, 1.54) is 0 Å². The Morgan fingerprint density at radius 1 is 1.55 bits per heavy atom. The van der Waals surface area contributed by atoms with E-state index < -0.39 is 0 Å². The number of amides is 1. The van der Waals surface area contributed by atoms with E-state index in [1.54, 1.807) is 12.3 Å². The zero-order valence-electron chi connectivity index (χ0n) is 11.9. The fraction of sp³-hybridized carbons (Fsp3) is 0.571. The minimum absolute atomic E-state index is 0.00414. The topological polar surface area (TPSA) is 71.2 Å². The molecule has 0 aliphatic carbocycles. The first kappa shape index (κ1) is 15.3. The number of rotatable bonds is 4. The number of nitrogen functional groups attached to an aromatic ring is 1. The smallest absolute Gasteiger partial charge is 0.257 e. The van der Waals surface area contributed by atoms with E-state index in [1.807, 2.05) is 4.90 Å². The molecule has 0 unspecified atom stereocenters. The Labute approximate surface area is 128 Å². The van der Waals surface area contributed by atoms with Gasteiger partial charge in [0.15, 0.2) is 5.82 Å². The summed E-state index contributed by atoms with van der Waals surface area (Å²) in [5, 5.41) is 0. The van der Waals surface area contributed by atoms with Gasteiger partial charge in [0.05, 0.1) is 5.56 Å². The molecule has 1 fully saturated rings. The molecule has 1 aliphatic heterocycles. The summed E-state index contributed by atoms with van der Waals surface area (Å²) in [5.74, 6) is 5.86. The molecular weight excluding hydrogens is 320 g/mol. The number of halogens is 1. The van der Waals surface area contributed by atoms with Crippen molar-refractivity contribution in [1.29, 1.82) is 0 Å². The number of aromatic nitrogens is 1. The summed E-state index contributed by atoms with van der Waals surface area (Å²) < 4.78 is 0.774. The molecule has 1 aromatic heterocycles. The van der Waals surface area contributed by atoms with Gasteiger partial charge >= 0.3 is 0 Å². The Hall–Kier alpha value is -1.14. The van der Waals surface area contributed by atoms with Gasteiger partial charge in [-0.15, -0.1) is 0 Å². The summed E-state index contributed by atoms with van der Waals surface area (Å²) in [6.07, 6.45) is 4.90. The van der Waals surface area contributed by atoms with Gasteiger partial charge in [-0.05, 0) is 46.7 Å². The van der Waals surface area contributed by atoms with Crippen molar-refractivity contribution in [2.24, 2.45) is 11.3 Å². The number of hydrazine groups is 1. The van der Waals surface area contributed by atoms with E-state index in [4.69, 9.17) is 5.84 Å². The van der Waals surface area contributed by atoms with Gasteiger partial charge in [-0.2, -0.15) is 0 Å². The molecule has 0 bridgehead atoms. The third-order valence-electron chi connectivity index (χ3n) is 4.45. The summed E-state index contributed by atoms with van der Waals surface area (Å²) in [6.45, 7) is 6.02. The van der Waals surface area contributed by atoms with Gasteiger partial charge in [-0.1, -0.05) is 13.8 Å². The molecule has 0 spiro atoms. The Balaban J connectivity index is 2.23. The highest BCUT2D eigenvalue weighted by Crippen LogP contribution is 2.37. The fourth-order valence-electron chi connectivity index (χ4n) is 2.82. The largest absolute Gasteiger partial charge is 0.338 e. The molecule has 2 rings (SSSR count). The van der Waals surface area contributed by atoms with Crippen LogP contribution < -0.4 is 11.3 Å². The number of nitrogens with two attached hydrogens (primary N) is 1. The van der Waals surface area contributed by atoms with Crippen LogP contribution in [0.25, 0.3) is 0 Å². The lowest BCUT2D eigenvalue weighted by molar-refractivity contribution is 0.0770. The summed E-state index contributed by atoms with van der Waals surface area (Å²) in [6, 6.07) is 1.77. The van der Waals surface area contributed by atoms with Crippen molar-refractivity contribution < 1.29 is 4.79 Å². The predicted octanol–water partition coefficient (Wildman–Crippen LogP) is 2.78. The van der Waals surface area contributed by atoms with Crippen LogP contribution in [0.5, 0.6) is 0 Å². The first-order valence-electron chi connectivity index (χ1n) is 6.96. The van der Waals surface area contributed by atoms with Crippen LogP contribution in [0.4, 0.5) is 5.82 Å². The minimum atomic E-state index is -0.00414. The van der Waals surface area contributed by atoms with E-state index in [0.29, 0.717) is 11.4 Å². The number of hydrogen-bond donors (Lipinski definition) is 2. The number of carbonyl (C=O) groups excluding carboxylic acids is 1. The number of pyridine rings is 1. The number of carbonyl (C=O) groups is 1. The minimum Gasteiger partial charge on any atom is -0.338 e. The molecule has 20 heavy (non-hydrogen) atoms. The normalized spacial score (nSPS) is 17.3. The molecule has 1 aliphatic rings. The molecule has 5 nitrogen and oxygen atoms in total. The maximum Gasteiger partial charge on any atom is 0.257 e. The van der Waals surface area contributed by atoms with Crippen molar-refractivity contribution in [3.63, 3.8) is 0 Å². The predicted molar refractivity (Wildman–Crippen MR) is 83.3 cm³/mol. The average Bonchev–Trinajstić information content (AvgIpc) is 2.91. The summed E-state index contributed by atoms with van der Waals surface area (Å²) in [5.41, 5.74) is 3.28. The molecule has 1 aromatic rings. The first-order chi connectivity index (χ1) is 9.55. The van der Waals surface area contributed by atoms with Crippen LogP contribution in [0.15, 0.2) is 16.7 Å². The van der Waals surface area contributed by atoms with Crippen molar-refractivity contribution in [3.8, 4) is 0 Å². The fourth-order valence-corrected chi connectivity index (χ4v) is 3.15. The highest BCUT2D eigenvalue weighted by Gasteiger charge is 2.37. The molecule has 6 heteroatoms. The van der Waals surface area contributed by atoms with Crippen LogP contribution in [-0.2, 0) is 0 Å². The van der Waals surface area contributed by atoms with Crippen molar-refractivity contribution in [3.05, 3.63) is 22.3 Å². The maximum atomic E-state index is 12.7. The molecule has 1 saturated heterocycles. The van der Waals surface area contributed by atoms with Crippen LogP contribution in [0.2, 0.25) is 0 Å². The SMILES string of the molecule is CCC1(CC)CCN(C(=O)c2cc(Br)cnc2NN)C1. The lowest BCUT2D eigenvalue weighted by Crippen LogP contribution is -2.32. The molecule has 110 valence electrons. The monoisotopic (exact) mass is 340 g/mol. The summed E-state index contributed by atoms with van der Waals surface area (Å²) in [4.78, 5) is 18.7. The number of likely N-dealkylation sites (tertiary alicyclic amines) is 1. The lowest BCUT2D eigenvalue weighted by Gasteiger charge is -2.26. The lowest BCUT2D eigenvalue weighted by atomic mass is 9.82. The molecule has 0 atom stereocenters. The third kappa shape index (κ3) is 2.81. The van der Waals surface area contributed by atoms with Crippen LogP contribution >= 0.6 is 15.9 Å². The standard InChI is InChI=1S/C14H21BrN4O/c1-3-14(4-2)5-6-19(9-14)13(20)11-7-10(15)8-17-12(11)18-16/h7-8H,3-6,9,16H2,1-2H3,(H,17,18). The average molecular weight is 341 g/mol. The Morgan fingerprint density at radius 2 is 2.25 bits per heavy atom. The molecule has 3 N–H and O–H groups in total. The zero-order chi connectivity index (χ0) is 14.8. The van der Waals surface area contributed by atoms with E-state index in [0.717, 1.165) is 36.8 Å². The van der Waals surface area contributed by atoms with Gasteiger partial charge < -0.3 is 10.3 Å².